The highest BCUT2D eigenvalue weighted by molar-refractivity contribution is 5.90. The first-order valence-electron chi connectivity index (χ1n) is 8.29. The van der Waals surface area contributed by atoms with Crippen LogP contribution >= 0.6 is 0 Å². The molecule has 7 nitrogen and oxygen atoms in total. The molecule has 0 unspecified atom stereocenters. The van der Waals surface area contributed by atoms with E-state index in [4.69, 9.17) is 4.74 Å². The van der Waals surface area contributed by atoms with Gasteiger partial charge in [0.15, 0.2) is 0 Å². The maximum Gasteiger partial charge on any atom is 0.290 e. The molecule has 0 radical (unpaired) electrons. The van der Waals surface area contributed by atoms with E-state index in [9.17, 15) is 4.79 Å². The summed E-state index contributed by atoms with van der Waals surface area (Å²) in [5.74, 6) is -0.0372. The van der Waals surface area contributed by atoms with Crippen molar-refractivity contribution in [3.63, 3.8) is 0 Å². The van der Waals surface area contributed by atoms with Crippen LogP contribution in [0.15, 0.2) is 30.6 Å². The summed E-state index contributed by atoms with van der Waals surface area (Å²) in [6, 6.07) is 7.91. The molecule has 1 aromatic heterocycles. The summed E-state index contributed by atoms with van der Waals surface area (Å²) in [6.45, 7) is 7.15. The van der Waals surface area contributed by atoms with Crippen molar-refractivity contribution in [1.82, 2.24) is 25.0 Å². The zero-order chi connectivity index (χ0) is 16.8. The number of rotatable bonds is 6. The van der Waals surface area contributed by atoms with Crippen LogP contribution in [0.1, 0.15) is 22.6 Å². The minimum atomic E-state index is -0.233. The fraction of sp³-hybridized carbons (Fsp3) is 0.471. The van der Waals surface area contributed by atoms with Gasteiger partial charge in [0.25, 0.3) is 5.91 Å². The van der Waals surface area contributed by atoms with E-state index in [1.54, 1.807) is 11.0 Å². The molecule has 1 amide bonds. The van der Waals surface area contributed by atoms with E-state index in [0.29, 0.717) is 6.54 Å². The van der Waals surface area contributed by atoms with Gasteiger partial charge in [-0.15, -0.1) is 5.10 Å². The molecule has 0 saturated carbocycles. The average molecular weight is 329 g/mol. The van der Waals surface area contributed by atoms with Crippen LogP contribution in [0.5, 0.6) is 0 Å². The van der Waals surface area contributed by atoms with Gasteiger partial charge < -0.3 is 10.1 Å². The highest BCUT2D eigenvalue weighted by Gasteiger charge is 2.13. The molecule has 1 aromatic carbocycles. The second-order valence-electron chi connectivity index (χ2n) is 5.91. The molecule has 24 heavy (non-hydrogen) atoms. The molecule has 0 spiro atoms. The molecule has 1 aliphatic heterocycles. The number of hydrogen-bond donors (Lipinski definition) is 1. The summed E-state index contributed by atoms with van der Waals surface area (Å²) >= 11 is 0. The number of benzene rings is 1. The standard InChI is InChI=1S/C17H23N5O2/c1-14-3-5-15(6-4-14)22-13-19-16(20-22)17(23)18-7-2-8-21-9-11-24-12-10-21/h3-6,13H,2,7-12H2,1H3,(H,18,23). The van der Waals surface area contributed by atoms with Gasteiger partial charge in [-0.2, -0.15) is 0 Å². The van der Waals surface area contributed by atoms with Gasteiger partial charge in [-0.1, -0.05) is 17.7 Å². The molecule has 2 aromatic rings. The second-order valence-corrected chi connectivity index (χ2v) is 5.91. The summed E-state index contributed by atoms with van der Waals surface area (Å²) in [6.07, 6.45) is 2.47. The third kappa shape index (κ3) is 4.39. The summed E-state index contributed by atoms with van der Waals surface area (Å²) in [5.41, 5.74) is 2.07. The smallest absolute Gasteiger partial charge is 0.290 e. The van der Waals surface area contributed by atoms with E-state index in [-0.39, 0.29) is 11.7 Å². The second kappa shape index (κ2) is 8.03. The van der Waals surface area contributed by atoms with Crippen molar-refractivity contribution in [2.45, 2.75) is 13.3 Å². The molecule has 3 rings (SSSR count). The number of morpholine rings is 1. The van der Waals surface area contributed by atoms with Gasteiger partial charge in [-0.3, -0.25) is 9.69 Å². The van der Waals surface area contributed by atoms with Crippen molar-refractivity contribution in [3.05, 3.63) is 42.0 Å². The van der Waals surface area contributed by atoms with Crippen LogP contribution < -0.4 is 5.32 Å². The Labute approximate surface area is 141 Å². The number of carbonyl (C=O) groups excluding carboxylic acids is 1. The summed E-state index contributed by atoms with van der Waals surface area (Å²) < 4.78 is 6.93. The Kier molecular flexibility index (Phi) is 5.55. The molecule has 0 atom stereocenters. The van der Waals surface area contributed by atoms with Gasteiger partial charge in [0, 0.05) is 19.6 Å². The summed E-state index contributed by atoms with van der Waals surface area (Å²) in [4.78, 5) is 18.6. The number of nitrogens with zero attached hydrogens (tertiary/aromatic N) is 4. The number of hydrogen-bond acceptors (Lipinski definition) is 5. The van der Waals surface area contributed by atoms with Crippen molar-refractivity contribution in [2.24, 2.45) is 0 Å². The van der Waals surface area contributed by atoms with Crippen molar-refractivity contribution >= 4 is 5.91 Å². The topological polar surface area (TPSA) is 72.3 Å². The summed E-state index contributed by atoms with van der Waals surface area (Å²) in [7, 11) is 0. The minimum absolute atomic E-state index is 0.196. The predicted molar refractivity (Wildman–Crippen MR) is 90.3 cm³/mol. The van der Waals surface area contributed by atoms with Crippen LogP contribution in [0, 0.1) is 6.92 Å². The lowest BCUT2D eigenvalue weighted by molar-refractivity contribution is 0.0374. The molecular weight excluding hydrogens is 306 g/mol. The van der Waals surface area contributed by atoms with Crippen molar-refractivity contribution < 1.29 is 9.53 Å². The maximum absolute atomic E-state index is 12.1. The quantitative estimate of drug-likeness (QED) is 0.802. The zero-order valence-corrected chi connectivity index (χ0v) is 13.9. The summed E-state index contributed by atoms with van der Waals surface area (Å²) in [5, 5.41) is 7.12. The first kappa shape index (κ1) is 16.6. The monoisotopic (exact) mass is 329 g/mol. The van der Waals surface area contributed by atoms with Gasteiger partial charge >= 0.3 is 0 Å². The van der Waals surface area contributed by atoms with E-state index < -0.39 is 0 Å². The minimum Gasteiger partial charge on any atom is -0.379 e. The van der Waals surface area contributed by atoms with Crippen LogP contribution in [0.4, 0.5) is 0 Å². The number of nitrogens with one attached hydrogen (secondary N) is 1. The lowest BCUT2D eigenvalue weighted by atomic mass is 10.2. The molecule has 128 valence electrons. The Balaban J connectivity index is 1.46. The van der Waals surface area contributed by atoms with E-state index in [1.165, 1.54) is 5.56 Å². The fourth-order valence-electron chi connectivity index (χ4n) is 2.60. The number of aromatic nitrogens is 3. The third-order valence-corrected chi connectivity index (χ3v) is 4.03. The molecule has 2 heterocycles. The number of amides is 1. The lowest BCUT2D eigenvalue weighted by Crippen LogP contribution is -2.38. The van der Waals surface area contributed by atoms with Crippen molar-refractivity contribution in [1.29, 1.82) is 0 Å². The molecule has 1 fully saturated rings. The maximum atomic E-state index is 12.1. The van der Waals surface area contributed by atoms with E-state index >= 15 is 0 Å². The molecule has 1 N–H and O–H groups in total. The Morgan fingerprint density at radius 3 is 2.75 bits per heavy atom. The Morgan fingerprint density at radius 1 is 1.25 bits per heavy atom. The normalized spacial score (nSPS) is 15.4. The molecule has 1 aliphatic rings. The highest BCUT2D eigenvalue weighted by Crippen LogP contribution is 2.07. The zero-order valence-electron chi connectivity index (χ0n) is 13.9. The molecular formula is C17H23N5O2. The first-order valence-corrected chi connectivity index (χ1v) is 8.29. The van der Waals surface area contributed by atoms with Gasteiger partial charge in [0.1, 0.15) is 6.33 Å². The third-order valence-electron chi connectivity index (χ3n) is 4.03. The molecule has 0 aliphatic carbocycles. The number of ether oxygens (including phenoxy) is 1. The van der Waals surface area contributed by atoms with Gasteiger partial charge in [0.2, 0.25) is 5.82 Å². The van der Waals surface area contributed by atoms with Crippen LogP contribution in [0.2, 0.25) is 0 Å². The Bertz CT molecular complexity index is 662. The SMILES string of the molecule is Cc1ccc(-n2cnc(C(=O)NCCCN3CCOCC3)n2)cc1. The van der Waals surface area contributed by atoms with E-state index in [0.717, 1.165) is 45.0 Å². The lowest BCUT2D eigenvalue weighted by Gasteiger charge is -2.26. The number of aryl methyl sites for hydroxylation is 1. The first-order chi connectivity index (χ1) is 11.7. The Morgan fingerprint density at radius 2 is 2.00 bits per heavy atom. The van der Waals surface area contributed by atoms with Crippen molar-refractivity contribution in [2.75, 3.05) is 39.4 Å². The van der Waals surface area contributed by atoms with Crippen LogP contribution in [-0.2, 0) is 4.74 Å². The van der Waals surface area contributed by atoms with Gasteiger partial charge in [-0.25, -0.2) is 9.67 Å². The van der Waals surface area contributed by atoms with Gasteiger partial charge in [-0.05, 0) is 32.0 Å². The molecule has 0 bridgehead atoms. The van der Waals surface area contributed by atoms with Gasteiger partial charge in [0.05, 0.1) is 18.9 Å². The van der Waals surface area contributed by atoms with Crippen LogP contribution in [0.3, 0.4) is 0 Å². The Hall–Kier alpha value is -2.25. The van der Waals surface area contributed by atoms with E-state index in [1.807, 2.05) is 31.2 Å². The molecule has 1 saturated heterocycles. The number of carbonyl (C=O) groups is 1. The van der Waals surface area contributed by atoms with Crippen molar-refractivity contribution in [3.8, 4) is 5.69 Å². The fourth-order valence-corrected chi connectivity index (χ4v) is 2.60. The van der Waals surface area contributed by atoms with Crippen LogP contribution in [-0.4, -0.2) is 65.0 Å². The molecule has 7 heteroatoms. The highest BCUT2D eigenvalue weighted by atomic mass is 16.5. The largest absolute Gasteiger partial charge is 0.379 e. The van der Waals surface area contributed by atoms with Crippen LogP contribution in [0.25, 0.3) is 5.69 Å². The average Bonchev–Trinajstić information content (AvgIpc) is 3.10. The van der Waals surface area contributed by atoms with E-state index in [2.05, 4.69) is 20.3 Å². The predicted octanol–water partition coefficient (Wildman–Crippen LogP) is 1.03.